The number of aryl methyl sites for hydroxylation is 2. The quantitative estimate of drug-likeness (QED) is 0.798. The average molecular weight is 352 g/mol. The van der Waals surface area contributed by atoms with Crippen molar-refractivity contribution in [3.8, 4) is 0 Å². The second-order valence-electron chi connectivity index (χ2n) is 6.60. The van der Waals surface area contributed by atoms with E-state index in [1.165, 1.54) is 22.0 Å². The van der Waals surface area contributed by atoms with E-state index >= 15 is 0 Å². The first-order valence-electron chi connectivity index (χ1n) is 8.32. The van der Waals surface area contributed by atoms with Crippen LogP contribution in [0.15, 0.2) is 52.8 Å². The number of anilines is 1. The van der Waals surface area contributed by atoms with E-state index in [9.17, 15) is 14.0 Å². The van der Waals surface area contributed by atoms with Gasteiger partial charge < -0.3 is 0 Å². The van der Waals surface area contributed by atoms with Gasteiger partial charge in [0, 0.05) is 0 Å². The lowest BCUT2D eigenvalue weighted by atomic mass is 10.1. The molecule has 0 aliphatic carbocycles. The van der Waals surface area contributed by atoms with Crippen LogP contribution in [0.1, 0.15) is 16.7 Å². The van der Waals surface area contributed by atoms with E-state index in [1.54, 1.807) is 18.2 Å². The summed E-state index contributed by atoms with van der Waals surface area (Å²) >= 11 is 0. The predicted molar refractivity (Wildman–Crippen MR) is 92.8 cm³/mol. The summed E-state index contributed by atoms with van der Waals surface area (Å²) in [4.78, 5) is 26.8. The standard InChI is InChI=1S/C19H17FN4O2/c1-11-6-7-15(8-12(11)2)24-18(25)16-17(19(24)26)23(22-21-16)10-13-4-3-5-14(20)9-13/h3-9,16-17H,10H2,1-2H3/t16-,17+/m0/s1. The molecule has 4 rings (SSSR count). The number of nitrogens with zero attached hydrogens (tertiary/aromatic N) is 4. The third-order valence-corrected chi connectivity index (χ3v) is 4.84. The Labute approximate surface area is 149 Å². The van der Waals surface area contributed by atoms with Crippen LogP contribution in [-0.2, 0) is 16.1 Å². The number of fused-ring (bicyclic) bond motifs is 1. The first kappa shape index (κ1) is 16.4. The van der Waals surface area contributed by atoms with Gasteiger partial charge in [0.1, 0.15) is 5.82 Å². The summed E-state index contributed by atoms with van der Waals surface area (Å²) in [6.07, 6.45) is 0. The summed E-state index contributed by atoms with van der Waals surface area (Å²) in [7, 11) is 0. The minimum absolute atomic E-state index is 0.211. The summed E-state index contributed by atoms with van der Waals surface area (Å²) in [6, 6.07) is 9.89. The van der Waals surface area contributed by atoms with Crippen molar-refractivity contribution >= 4 is 17.5 Å². The summed E-state index contributed by atoms with van der Waals surface area (Å²) in [5.74, 6) is -1.10. The Bertz CT molecular complexity index is 943. The SMILES string of the molecule is Cc1ccc(N2C(=O)[C@H]3N=NN(Cc4cccc(F)c4)[C@H]3C2=O)cc1C. The van der Waals surface area contributed by atoms with Gasteiger partial charge in [-0.05, 0) is 54.8 Å². The van der Waals surface area contributed by atoms with Crippen LogP contribution in [0.25, 0.3) is 0 Å². The highest BCUT2D eigenvalue weighted by molar-refractivity contribution is 6.25. The molecular formula is C19H17FN4O2. The Morgan fingerprint density at radius 2 is 1.85 bits per heavy atom. The normalized spacial score (nSPS) is 21.7. The van der Waals surface area contributed by atoms with Crippen LogP contribution in [0.2, 0.25) is 0 Å². The van der Waals surface area contributed by atoms with Gasteiger partial charge >= 0.3 is 0 Å². The van der Waals surface area contributed by atoms with Crippen molar-refractivity contribution in [1.29, 1.82) is 0 Å². The van der Waals surface area contributed by atoms with Crippen LogP contribution in [0.4, 0.5) is 10.1 Å². The van der Waals surface area contributed by atoms with Crippen molar-refractivity contribution in [2.45, 2.75) is 32.5 Å². The van der Waals surface area contributed by atoms with Crippen molar-refractivity contribution in [2.24, 2.45) is 10.3 Å². The second kappa shape index (κ2) is 6.01. The molecule has 0 saturated carbocycles. The fourth-order valence-corrected chi connectivity index (χ4v) is 3.30. The van der Waals surface area contributed by atoms with E-state index in [0.717, 1.165) is 11.1 Å². The van der Waals surface area contributed by atoms with Crippen molar-refractivity contribution in [3.05, 3.63) is 65.0 Å². The summed E-state index contributed by atoms with van der Waals surface area (Å²) < 4.78 is 13.4. The van der Waals surface area contributed by atoms with Gasteiger partial charge in [0.05, 0.1) is 12.2 Å². The molecule has 0 radical (unpaired) electrons. The molecule has 2 heterocycles. The third kappa shape index (κ3) is 2.56. The smallest absolute Gasteiger partial charge is 0.263 e. The van der Waals surface area contributed by atoms with Gasteiger partial charge in [0.15, 0.2) is 12.1 Å². The zero-order valence-corrected chi connectivity index (χ0v) is 14.4. The van der Waals surface area contributed by atoms with Crippen LogP contribution in [0.3, 0.4) is 0 Å². The molecule has 2 aromatic rings. The van der Waals surface area contributed by atoms with E-state index in [4.69, 9.17) is 0 Å². The first-order valence-corrected chi connectivity index (χ1v) is 8.32. The maximum Gasteiger partial charge on any atom is 0.263 e. The fraction of sp³-hybridized carbons (Fsp3) is 0.263. The maximum atomic E-state index is 13.4. The Kier molecular flexibility index (Phi) is 3.79. The number of halogens is 1. The largest absolute Gasteiger partial charge is 0.271 e. The molecule has 2 aromatic carbocycles. The number of imide groups is 1. The van der Waals surface area contributed by atoms with Crippen LogP contribution in [0.5, 0.6) is 0 Å². The van der Waals surface area contributed by atoms with E-state index in [-0.39, 0.29) is 24.2 Å². The van der Waals surface area contributed by atoms with Crippen molar-refractivity contribution < 1.29 is 14.0 Å². The molecule has 2 amide bonds. The maximum absolute atomic E-state index is 13.4. The van der Waals surface area contributed by atoms with E-state index in [1.807, 2.05) is 26.0 Å². The van der Waals surface area contributed by atoms with Gasteiger partial charge in [-0.3, -0.25) is 14.6 Å². The Morgan fingerprint density at radius 1 is 1.04 bits per heavy atom. The molecule has 0 unspecified atom stereocenters. The molecule has 2 atom stereocenters. The number of carbonyl (C=O) groups is 2. The van der Waals surface area contributed by atoms with Gasteiger partial charge in [-0.1, -0.05) is 23.4 Å². The van der Waals surface area contributed by atoms with Gasteiger partial charge in [-0.2, -0.15) is 5.11 Å². The van der Waals surface area contributed by atoms with Gasteiger partial charge in [0.2, 0.25) is 0 Å². The third-order valence-electron chi connectivity index (χ3n) is 4.84. The molecule has 0 bridgehead atoms. The van der Waals surface area contributed by atoms with Crippen molar-refractivity contribution in [3.63, 3.8) is 0 Å². The summed E-state index contributed by atoms with van der Waals surface area (Å²) in [5, 5.41) is 9.42. The minimum atomic E-state index is -0.849. The number of carbonyl (C=O) groups excluding carboxylic acids is 2. The Morgan fingerprint density at radius 3 is 2.58 bits per heavy atom. The molecule has 132 valence electrons. The summed E-state index contributed by atoms with van der Waals surface area (Å²) in [5.41, 5.74) is 3.28. The highest BCUT2D eigenvalue weighted by Gasteiger charge is 2.54. The molecule has 1 saturated heterocycles. The molecule has 1 fully saturated rings. The monoisotopic (exact) mass is 352 g/mol. The van der Waals surface area contributed by atoms with Gasteiger partial charge in [-0.25, -0.2) is 9.29 Å². The Hall–Kier alpha value is -3.09. The van der Waals surface area contributed by atoms with Crippen molar-refractivity contribution in [2.75, 3.05) is 4.90 Å². The lowest BCUT2D eigenvalue weighted by molar-refractivity contribution is -0.123. The lowest BCUT2D eigenvalue weighted by Gasteiger charge is -2.21. The molecule has 2 aliphatic rings. The number of hydrogen-bond donors (Lipinski definition) is 0. The zero-order chi connectivity index (χ0) is 18.4. The van der Waals surface area contributed by atoms with E-state index in [0.29, 0.717) is 11.3 Å². The topological polar surface area (TPSA) is 65.3 Å². The number of hydrogen-bond acceptors (Lipinski definition) is 5. The van der Waals surface area contributed by atoms with Crippen LogP contribution >= 0.6 is 0 Å². The van der Waals surface area contributed by atoms with Gasteiger partial charge in [-0.15, -0.1) is 0 Å². The Balaban J connectivity index is 1.62. The highest BCUT2D eigenvalue weighted by atomic mass is 19.1. The van der Waals surface area contributed by atoms with Gasteiger partial charge in [0.25, 0.3) is 11.8 Å². The second-order valence-corrected chi connectivity index (χ2v) is 6.60. The van der Waals surface area contributed by atoms with Crippen molar-refractivity contribution in [1.82, 2.24) is 5.01 Å². The number of rotatable bonds is 3. The van der Waals surface area contributed by atoms with E-state index in [2.05, 4.69) is 10.3 Å². The zero-order valence-electron chi connectivity index (χ0n) is 14.4. The molecule has 2 aliphatic heterocycles. The molecule has 0 spiro atoms. The summed E-state index contributed by atoms with van der Waals surface area (Å²) in [6.45, 7) is 4.11. The molecule has 0 N–H and O–H groups in total. The molecular weight excluding hydrogens is 335 g/mol. The predicted octanol–water partition coefficient (Wildman–Crippen LogP) is 2.94. The van der Waals surface area contributed by atoms with Crippen LogP contribution in [0, 0.1) is 19.7 Å². The molecule has 7 heteroatoms. The molecule has 6 nitrogen and oxygen atoms in total. The highest BCUT2D eigenvalue weighted by Crippen LogP contribution is 2.33. The number of benzene rings is 2. The fourth-order valence-electron chi connectivity index (χ4n) is 3.30. The average Bonchev–Trinajstić information content (AvgIpc) is 3.11. The minimum Gasteiger partial charge on any atom is -0.271 e. The van der Waals surface area contributed by atoms with E-state index < -0.39 is 12.1 Å². The molecule has 26 heavy (non-hydrogen) atoms. The molecule has 0 aromatic heterocycles. The first-order chi connectivity index (χ1) is 12.5. The lowest BCUT2D eigenvalue weighted by Crippen LogP contribution is -2.39. The number of amides is 2. The van der Waals surface area contributed by atoms with Crippen LogP contribution < -0.4 is 4.90 Å². The van der Waals surface area contributed by atoms with Crippen LogP contribution in [-0.4, -0.2) is 28.9 Å².